The first kappa shape index (κ1) is 20.4. The predicted molar refractivity (Wildman–Crippen MR) is 101 cm³/mol. The summed E-state index contributed by atoms with van der Waals surface area (Å²) < 4.78 is 5.70. The van der Waals surface area contributed by atoms with Crippen LogP contribution in [-0.4, -0.2) is 48.4 Å². The van der Waals surface area contributed by atoms with Crippen molar-refractivity contribution in [2.75, 3.05) is 13.7 Å². The van der Waals surface area contributed by atoms with Crippen molar-refractivity contribution in [1.82, 2.24) is 10.2 Å². The molecule has 1 fully saturated rings. The molecule has 6 nitrogen and oxygen atoms in total. The lowest BCUT2D eigenvalue weighted by Gasteiger charge is -2.30. The number of benzene rings is 1. The second-order valence-electron chi connectivity index (χ2n) is 6.81. The quantitative estimate of drug-likeness (QED) is 0.710. The summed E-state index contributed by atoms with van der Waals surface area (Å²) in [4.78, 5) is 38.8. The molecule has 2 amide bonds. The highest BCUT2D eigenvalue weighted by atomic mass is 79.9. The average molecular weight is 425 g/mol. The molecule has 0 aromatic heterocycles. The van der Waals surface area contributed by atoms with E-state index in [2.05, 4.69) is 21.2 Å². The first-order chi connectivity index (χ1) is 12.3. The Morgan fingerprint density at radius 1 is 1.35 bits per heavy atom. The van der Waals surface area contributed by atoms with Gasteiger partial charge in [-0.05, 0) is 36.5 Å². The molecule has 0 radical (unpaired) electrons. The number of esters is 1. The zero-order chi connectivity index (χ0) is 19.3. The molecule has 1 aromatic carbocycles. The van der Waals surface area contributed by atoms with E-state index in [0.717, 1.165) is 16.5 Å². The van der Waals surface area contributed by atoms with Crippen LogP contribution in [0.1, 0.15) is 32.3 Å². The Balaban J connectivity index is 2.06. The van der Waals surface area contributed by atoms with Crippen LogP contribution in [0.4, 0.5) is 0 Å². The normalized spacial score (nSPS) is 17.9. The number of hydrogen-bond donors (Lipinski definition) is 1. The van der Waals surface area contributed by atoms with Crippen LogP contribution < -0.4 is 5.32 Å². The second-order valence-corrected chi connectivity index (χ2v) is 7.72. The average Bonchev–Trinajstić information content (AvgIpc) is 3.08. The van der Waals surface area contributed by atoms with Crippen LogP contribution in [0.15, 0.2) is 28.7 Å². The number of hydrogen-bond acceptors (Lipinski definition) is 4. The van der Waals surface area contributed by atoms with Crippen LogP contribution in [0.25, 0.3) is 0 Å². The highest BCUT2D eigenvalue weighted by Crippen LogP contribution is 2.21. The van der Waals surface area contributed by atoms with Crippen LogP contribution in [0.5, 0.6) is 0 Å². The highest BCUT2D eigenvalue weighted by Gasteiger charge is 2.39. The van der Waals surface area contributed by atoms with Gasteiger partial charge in [0, 0.05) is 11.0 Å². The maximum Gasteiger partial charge on any atom is 0.328 e. The summed E-state index contributed by atoms with van der Waals surface area (Å²) in [6, 6.07) is 6.27. The fourth-order valence-corrected chi connectivity index (χ4v) is 3.61. The minimum atomic E-state index is -0.667. The number of ether oxygens (including phenoxy) is 1. The molecule has 2 rings (SSSR count). The van der Waals surface area contributed by atoms with Crippen LogP contribution in [0.3, 0.4) is 0 Å². The molecule has 2 atom stereocenters. The van der Waals surface area contributed by atoms with Gasteiger partial charge in [0.2, 0.25) is 11.8 Å². The largest absolute Gasteiger partial charge is 0.467 e. The topological polar surface area (TPSA) is 75.7 Å². The lowest BCUT2D eigenvalue weighted by atomic mass is 10.0. The van der Waals surface area contributed by atoms with Gasteiger partial charge < -0.3 is 15.0 Å². The molecule has 1 N–H and O–H groups in total. The van der Waals surface area contributed by atoms with Crippen molar-refractivity contribution in [3.8, 4) is 0 Å². The Bertz CT molecular complexity index is 677. The minimum Gasteiger partial charge on any atom is -0.467 e. The molecule has 0 bridgehead atoms. The number of halogens is 1. The third-order valence-corrected chi connectivity index (χ3v) is 5.01. The van der Waals surface area contributed by atoms with Gasteiger partial charge in [-0.15, -0.1) is 0 Å². The molecule has 1 saturated heterocycles. The third kappa shape index (κ3) is 5.06. The van der Waals surface area contributed by atoms with Gasteiger partial charge in [-0.1, -0.05) is 41.9 Å². The van der Waals surface area contributed by atoms with Crippen molar-refractivity contribution >= 4 is 33.7 Å². The van der Waals surface area contributed by atoms with Gasteiger partial charge in [-0.2, -0.15) is 0 Å². The Hall–Kier alpha value is -1.89. The Labute approximate surface area is 162 Å². The van der Waals surface area contributed by atoms with E-state index in [-0.39, 0.29) is 24.2 Å². The van der Waals surface area contributed by atoms with Crippen molar-refractivity contribution in [1.29, 1.82) is 0 Å². The van der Waals surface area contributed by atoms with Crippen molar-refractivity contribution in [3.05, 3.63) is 34.3 Å². The van der Waals surface area contributed by atoms with Crippen molar-refractivity contribution in [2.24, 2.45) is 5.92 Å². The second kappa shape index (κ2) is 9.16. The molecule has 142 valence electrons. The van der Waals surface area contributed by atoms with Crippen LogP contribution >= 0.6 is 15.9 Å². The molecule has 1 aromatic rings. The third-order valence-electron chi connectivity index (χ3n) is 4.51. The Morgan fingerprint density at radius 3 is 2.69 bits per heavy atom. The fourth-order valence-electron chi connectivity index (χ4n) is 3.16. The fraction of sp³-hybridized carbons (Fsp3) is 0.526. The van der Waals surface area contributed by atoms with E-state index in [1.807, 2.05) is 38.1 Å². The van der Waals surface area contributed by atoms with E-state index in [1.165, 1.54) is 12.0 Å². The molecule has 1 heterocycles. The van der Waals surface area contributed by atoms with Gasteiger partial charge in [0.1, 0.15) is 12.1 Å². The number of carbonyl (C=O) groups excluding carboxylic acids is 3. The molecule has 7 heteroatoms. The van der Waals surface area contributed by atoms with E-state index >= 15 is 0 Å². The Morgan fingerprint density at radius 2 is 2.08 bits per heavy atom. The van der Waals surface area contributed by atoms with Gasteiger partial charge >= 0.3 is 5.97 Å². The van der Waals surface area contributed by atoms with E-state index in [0.29, 0.717) is 13.0 Å². The van der Waals surface area contributed by atoms with Gasteiger partial charge in [-0.25, -0.2) is 4.79 Å². The number of rotatable bonds is 6. The number of amides is 2. The smallest absolute Gasteiger partial charge is 0.328 e. The van der Waals surface area contributed by atoms with Crippen LogP contribution in [0.2, 0.25) is 0 Å². The van der Waals surface area contributed by atoms with Gasteiger partial charge in [-0.3, -0.25) is 9.59 Å². The zero-order valence-corrected chi connectivity index (χ0v) is 16.9. The van der Waals surface area contributed by atoms with Crippen molar-refractivity contribution in [3.63, 3.8) is 0 Å². The summed E-state index contributed by atoms with van der Waals surface area (Å²) >= 11 is 3.38. The summed E-state index contributed by atoms with van der Waals surface area (Å²) in [6.07, 6.45) is 1.54. The van der Waals surface area contributed by atoms with E-state index in [9.17, 15) is 14.4 Å². The maximum atomic E-state index is 13.0. The summed E-state index contributed by atoms with van der Waals surface area (Å²) in [5.74, 6) is -0.939. The minimum absolute atomic E-state index is 0.0899. The van der Waals surface area contributed by atoms with E-state index < -0.39 is 18.1 Å². The predicted octanol–water partition coefficient (Wildman–Crippen LogP) is 2.30. The summed E-state index contributed by atoms with van der Waals surface area (Å²) in [7, 11) is 1.32. The van der Waals surface area contributed by atoms with E-state index in [4.69, 9.17) is 4.74 Å². The molecule has 1 aliphatic rings. The maximum absolute atomic E-state index is 13.0. The van der Waals surface area contributed by atoms with Crippen molar-refractivity contribution < 1.29 is 19.1 Å². The van der Waals surface area contributed by atoms with Crippen molar-refractivity contribution in [2.45, 2.75) is 45.2 Å². The number of likely N-dealkylation sites (tertiary alicyclic amines) is 1. The standard InChI is InChI=1S/C19H25BrN2O4/c1-12(2)17(18(24)22-9-5-8-15(22)19(25)26-3)21-16(23)11-13-6-4-7-14(20)10-13/h4,6-7,10,12,15,17H,5,8-9,11H2,1-3H3,(H,21,23)/t15-,17-/m0/s1. The van der Waals surface area contributed by atoms with Gasteiger partial charge in [0.05, 0.1) is 13.5 Å². The van der Waals surface area contributed by atoms with E-state index in [1.54, 1.807) is 0 Å². The highest BCUT2D eigenvalue weighted by molar-refractivity contribution is 9.10. The zero-order valence-electron chi connectivity index (χ0n) is 15.3. The first-order valence-electron chi connectivity index (χ1n) is 8.75. The molecule has 0 saturated carbocycles. The molecular weight excluding hydrogens is 400 g/mol. The first-order valence-corrected chi connectivity index (χ1v) is 9.55. The van der Waals surface area contributed by atoms with Crippen LogP contribution in [0, 0.1) is 5.92 Å². The monoisotopic (exact) mass is 424 g/mol. The lowest BCUT2D eigenvalue weighted by Crippen LogP contribution is -2.54. The Kier molecular flexibility index (Phi) is 7.20. The van der Waals surface area contributed by atoms with Gasteiger partial charge in [0.25, 0.3) is 0 Å². The van der Waals surface area contributed by atoms with Gasteiger partial charge in [0.15, 0.2) is 0 Å². The van der Waals surface area contributed by atoms with Crippen LogP contribution in [-0.2, 0) is 25.5 Å². The number of nitrogens with one attached hydrogen (secondary N) is 1. The SMILES string of the molecule is COC(=O)[C@@H]1CCCN1C(=O)[C@@H](NC(=O)Cc1cccc(Br)c1)C(C)C. The lowest BCUT2D eigenvalue weighted by molar-refractivity contribution is -0.152. The summed E-state index contributed by atoms with van der Waals surface area (Å²) in [6.45, 7) is 4.26. The molecule has 0 unspecified atom stereocenters. The number of carbonyl (C=O) groups is 3. The molecule has 0 spiro atoms. The molecule has 1 aliphatic heterocycles. The molecular formula is C19H25BrN2O4. The molecule has 0 aliphatic carbocycles. The summed E-state index contributed by atoms with van der Waals surface area (Å²) in [5, 5.41) is 2.84. The molecule has 26 heavy (non-hydrogen) atoms. The summed E-state index contributed by atoms with van der Waals surface area (Å²) in [5.41, 5.74) is 0.862. The number of nitrogens with zero attached hydrogens (tertiary/aromatic N) is 1. The number of methoxy groups -OCH3 is 1.